The van der Waals surface area contributed by atoms with Crippen LogP contribution >= 0.6 is 0 Å². The number of nitrogens with zero attached hydrogens (tertiary/aromatic N) is 2. The van der Waals surface area contributed by atoms with Gasteiger partial charge in [0.2, 0.25) is 0 Å². The molecule has 2 aromatic rings. The minimum absolute atomic E-state index is 0.0988. The van der Waals surface area contributed by atoms with Crippen LogP contribution in [0.25, 0.3) is 16.1 Å². The highest BCUT2D eigenvalue weighted by Gasteiger charge is 2.17. The topological polar surface area (TPSA) is 17.2 Å². The van der Waals surface area contributed by atoms with Gasteiger partial charge in [-0.3, -0.25) is 4.98 Å². The SMILES string of the molecule is [C-]#[N+]c1c(F)ccc(-c2cc(CC(C)(C)C)ccn2)c1F. The van der Waals surface area contributed by atoms with Gasteiger partial charge in [-0.2, -0.15) is 0 Å². The minimum atomic E-state index is -0.856. The van der Waals surface area contributed by atoms with Gasteiger partial charge in [-0.25, -0.2) is 13.6 Å². The fraction of sp³-hybridized carbons (Fsp3) is 0.294. The summed E-state index contributed by atoms with van der Waals surface area (Å²) in [5.41, 5.74) is 1.11. The van der Waals surface area contributed by atoms with Crippen molar-refractivity contribution in [2.45, 2.75) is 27.2 Å². The quantitative estimate of drug-likeness (QED) is 0.696. The van der Waals surface area contributed by atoms with Gasteiger partial charge < -0.3 is 0 Å². The molecule has 0 N–H and O–H groups in total. The van der Waals surface area contributed by atoms with E-state index in [0.29, 0.717) is 5.69 Å². The molecule has 0 saturated heterocycles. The summed E-state index contributed by atoms with van der Waals surface area (Å²) in [6, 6.07) is 6.09. The molecule has 2 rings (SSSR count). The van der Waals surface area contributed by atoms with Crippen LogP contribution in [0.2, 0.25) is 0 Å². The molecule has 0 amide bonds. The van der Waals surface area contributed by atoms with E-state index in [2.05, 4.69) is 30.6 Å². The molecule has 0 unspecified atom stereocenters. The molecule has 0 aliphatic rings. The van der Waals surface area contributed by atoms with E-state index in [1.165, 1.54) is 6.07 Å². The van der Waals surface area contributed by atoms with Crippen molar-refractivity contribution >= 4 is 5.69 Å². The van der Waals surface area contributed by atoms with Crippen LogP contribution in [0.5, 0.6) is 0 Å². The zero-order valence-corrected chi connectivity index (χ0v) is 12.2. The maximum atomic E-state index is 14.2. The summed E-state index contributed by atoms with van der Waals surface area (Å²) in [5.74, 6) is -1.71. The molecule has 1 aromatic heterocycles. The van der Waals surface area contributed by atoms with E-state index in [1.807, 2.05) is 6.07 Å². The summed E-state index contributed by atoms with van der Waals surface area (Å²) >= 11 is 0. The van der Waals surface area contributed by atoms with Gasteiger partial charge in [0.25, 0.3) is 5.69 Å². The average molecular weight is 286 g/mol. The fourth-order valence-corrected chi connectivity index (χ4v) is 2.19. The van der Waals surface area contributed by atoms with Crippen LogP contribution in [0.3, 0.4) is 0 Å². The largest absolute Gasteiger partial charge is 0.257 e. The number of halogens is 2. The number of pyridine rings is 1. The summed E-state index contributed by atoms with van der Waals surface area (Å²) in [6.45, 7) is 13.2. The first kappa shape index (κ1) is 15.1. The van der Waals surface area contributed by atoms with Crippen molar-refractivity contribution in [1.82, 2.24) is 4.98 Å². The van der Waals surface area contributed by atoms with Crippen molar-refractivity contribution in [2.24, 2.45) is 5.41 Å². The first-order valence-corrected chi connectivity index (χ1v) is 6.62. The highest BCUT2D eigenvalue weighted by molar-refractivity contribution is 5.67. The Balaban J connectivity index is 2.49. The molecule has 0 atom stereocenters. The Morgan fingerprint density at radius 2 is 1.90 bits per heavy atom. The van der Waals surface area contributed by atoms with Gasteiger partial charge in [-0.1, -0.05) is 20.8 Å². The maximum Gasteiger partial charge on any atom is 0.257 e. The summed E-state index contributed by atoms with van der Waals surface area (Å²) in [4.78, 5) is 7.05. The molecule has 0 spiro atoms. The van der Waals surface area contributed by atoms with Crippen molar-refractivity contribution in [1.29, 1.82) is 0 Å². The lowest BCUT2D eigenvalue weighted by Gasteiger charge is -2.18. The fourth-order valence-electron chi connectivity index (χ4n) is 2.19. The molecule has 0 saturated carbocycles. The molecule has 0 aliphatic heterocycles. The Kier molecular flexibility index (Phi) is 4.04. The standard InChI is InChI=1S/C17H16F2N2/c1-17(2,3)10-11-7-8-21-14(9-11)12-5-6-13(18)16(20-4)15(12)19/h5-9H,10H2,1-3H3. The zero-order chi connectivity index (χ0) is 15.6. The lowest BCUT2D eigenvalue weighted by Crippen LogP contribution is -2.09. The number of hydrogen-bond donors (Lipinski definition) is 0. The first-order chi connectivity index (χ1) is 9.81. The molecule has 0 bridgehead atoms. The van der Waals surface area contributed by atoms with Crippen LogP contribution in [0.1, 0.15) is 26.3 Å². The van der Waals surface area contributed by atoms with Crippen molar-refractivity contribution in [3.05, 3.63) is 59.1 Å². The molecule has 2 nitrogen and oxygen atoms in total. The number of hydrogen-bond acceptors (Lipinski definition) is 1. The van der Waals surface area contributed by atoms with Gasteiger partial charge in [0, 0.05) is 11.8 Å². The van der Waals surface area contributed by atoms with E-state index >= 15 is 0 Å². The summed E-state index contributed by atoms with van der Waals surface area (Å²) in [6.07, 6.45) is 2.43. The van der Waals surface area contributed by atoms with Gasteiger partial charge in [0.05, 0.1) is 12.3 Å². The lowest BCUT2D eigenvalue weighted by molar-refractivity contribution is 0.411. The van der Waals surface area contributed by atoms with Gasteiger partial charge in [-0.05, 0) is 41.7 Å². The molecule has 0 aliphatic carbocycles. The number of rotatable bonds is 2. The van der Waals surface area contributed by atoms with Crippen LogP contribution in [0, 0.1) is 23.6 Å². The average Bonchev–Trinajstić information content (AvgIpc) is 2.37. The molecule has 4 heteroatoms. The summed E-state index contributed by atoms with van der Waals surface area (Å²) in [7, 11) is 0. The van der Waals surface area contributed by atoms with E-state index in [4.69, 9.17) is 6.57 Å². The molecular formula is C17H16F2N2. The first-order valence-electron chi connectivity index (χ1n) is 6.62. The molecule has 1 aromatic carbocycles. The minimum Gasteiger partial charge on any atom is -0.256 e. The number of aromatic nitrogens is 1. The normalized spacial score (nSPS) is 11.2. The third kappa shape index (κ3) is 3.43. The Bertz CT molecular complexity index is 710. The Hall–Kier alpha value is -2.28. The molecular weight excluding hydrogens is 270 g/mol. The molecule has 0 fully saturated rings. The third-order valence-electron chi connectivity index (χ3n) is 3.01. The zero-order valence-electron chi connectivity index (χ0n) is 12.2. The second kappa shape index (κ2) is 5.61. The highest BCUT2D eigenvalue weighted by Crippen LogP contribution is 2.31. The van der Waals surface area contributed by atoms with Crippen LogP contribution < -0.4 is 0 Å². The van der Waals surface area contributed by atoms with Crippen LogP contribution in [-0.4, -0.2) is 4.98 Å². The maximum absolute atomic E-state index is 14.2. The Labute approximate surface area is 123 Å². The van der Waals surface area contributed by atoms with Crippen molar-refractivity contribution in [2.75, 3.05) is 0 Å². The molecule has 21 heavy (non-hydrogen) atoms. The Morgan fingerprint density at radius 1 is 1.19 bits per heavy atom. The van der Waals surface area contributed by atoms with Crippen LogP contribution in [-0.2, 0) is 6.42 Å². The van der Waals surface area contributed by atoms with Gasteiger partial charge >= 0.3 is 0 Å². The van der Waals surface area contributed by atoms with Gasteiger partial charge in [0.1, 0.15) is 11.6 Å². The van der Waals surface area contributed by atoms with E-state index in [-0.39, 0.29) is 11.0 Å². The van der Waals surface area contributed by atoms with Crippen LogP contribution in [0.15, 0.2) is 30.5 Å². The lowest BCUT2D eigenvalue weighted by atomic mass is 9.88. The van der Waals surface area contributed by atoms with Gasteiger partial charge in [-0.15, -0.1) is 0 Å². The third-order valence-corrected chi connectivity index (χ3v) is 3.01. The van der Waals surface area contributed by atoms with Crippen molar-refractivity contribution in [3.63, 3.8) is 0 Å². The molecule has 1 heterocycles. The number of benzene rings is 1. The predicted molar refractivity (Wildman–Crippen MR) is 79.0 cm³/mol. The monoisotopic (exact) mass is 286 g/mol. The highest BCUT2D eigenvalue weighted by atomic mass is 19.1. The Morgan fingerprint density at radius 3 is 2.52 bits per heavy atom. The van der Waals surface area contributed by atoms with Crippen LogP contribution in [0.4, 0.5) is 14.5 Å². The van der Waals surface area contributed by atoms with E-state index < -0.39 is 17.3 Å². The molecule has 0 radical (unpaired) electrons. The smallest absolute Gasteiger partial charge is 0.256 e. The van der Waals surface area contributed by atoms with E-state index in [1.54, 1.807) is 12.3 Å². The second-order valence-corrected chi connectivity index (χ2v) is 6.16. The molecule has 108 valence electrons. The summed E-state index contributed by atoms with van der Waals surface area (Å²) < 4.78 is 27.6. The summed E-state index contributed by atoms with van der Waals surface area (Å²) in [5, 5.41) is 0. The van der Waals surface area contributed by atoms with Gasteiger partial charge in [0.15, 0.2) is 0 Å². The van der Waals surface area contributed by atoms with E-state index in [0.717, 1.165) is 18.1 Å². The predicted octanol–water partition coefficient (Wildman–Crippen LogP) is 5.17. The van der Waals surface area contributed by atoms with Crippen molar-refractivity contribution < 1.29 is 8.78 Å². The van der Waals surface area contributed by atoms with E-state index in [9.17, 15) is 8.78 Å². The second-order valence-electron chi connectivity index (χ2n) is 6.16. The van der Waals surface area contributed by atoms with Crippen molar-refractivity contribution in [3.8, 4) is 11.3 Å².